The highest BCUT2D eigenvalue weighted by Crippen LogP contribution is 2.43. The molecule has 0 radical (unpaired) electrons. The first-order chi connectivity index (χ1) is 8.33. The molecule has 0 amide bonds. The van der Waals surface area contributed by atoms with E-state index in [9.17, 15) is 0 Å². The molecule has 1 saturated heterocycles. The summed E-state index contributed by atoms with van der Waals surface area (Å²) in [5.41, 5.74) is 0. The number of hydrogen-bond donors (Lipinski definition) is 1. The van der Waals surface area contributed by atoms with E-state index < -0.39 is 0 Å². The predicted molar refractivity (Wildman–Crippen MR) is 72.1 cm³/mol. The van der Waals surface area contributed by atoms with Crippen LogP contribution in [0.5, 0.6) is 0 Å². The summed E-state index contributed by atoms with van der Waals surface area (Å²) in [6, 6.07) is 2.58. The number of nitrogens with zero attached hydrogens (tertiary/aromatic N) is 1. The largest absolute Gasteiger partial charge is 0.311 e. The van der Waals surface area contributed by atoms with Gasteiger partial charge in [-0.25, -0.2) is 0 Å². The Bertz CT molecular complexity index is 262. The van der Waals surface area contributed by atoms with Crippen LogP contribution in [0.1, 0.15) is 52.4 Å². The van der Waals surface area contributed by atoms with Gasteiger partial charge in [0.25, 0.3) is 0 Å². The monoisotopic (exact) mass is 236 g/mol. The summed E-state index contributed by atoms with van der Waals surface area (Å²) in [5.74, 6) is 2.05. The molecule has 1 N–H and O–H groups in total. The van der Waals surface area contributed by atoms with E-state index in [0.717, 1.165) is 30.0 Å². The molecule has 4 unspecified atom stereocenters. The summed E-state index contributed by atoms with van der Waals surface area (Å²) in [6.45, 7) is 7.27. The standard InChI is InChI=1S/C15H28N2/c1-3-5-12-8-15(12)17-10-14(11-6-7-11)16-9-13(17)4-2/h11-16H,3-10H2,1-2H3. The maximum atomic E-state index is 3.80. The van der Waals surface area contributed by atoms with E-state index in [4.69, 9.17) is 0 Å². The number of piperazine rings is 1. The van der Waals surface area contributed by atoms with E-state index in [1.807, 2.05) is 0 Å². The molecule has 3 aliphatic rings. The Labute approximate surface area is 106 Å². The van der Waals surface area contributed by atoms with Crippen LogP contribution < -0.4 is 5.32 Å². The summed E-state index contributed by atoms with van der Waals surface area (Å²) in [4.78, 5) is 2.87. The lowest BCUT2D eigenvalue weighted by Gasteiger charge is -2.41. The molecule has 3 fully saturated rings. The van der Waals surface area contributed by atoms with Crippen LogP contribution in [-0.2, 0) is 0 Å². The Balaban J connectivity index is 1.58. The highest BCUT2D eigenvalue weighted by molar-refractivity contribution is 5.02. The lowest BCUT2D eigenvalue weighted by atomic mass is 10.0. The molecule has 2 aliphatic carbocycles. The predicted octanol–water partition coefficient (Wildman–Crippen LogP) is 2.64. The summed E-state index contributed by atoms with van der Waals surface area (Å²) in [7, 11) is 0. The van der Waals surface area contributed by atoms with E-state index in [2.05, 4.69) is 24.1 Å². The third-order valence-corrected chi connectivity index (χ3v) is 5.13. The van der Waals surface area contributed by atoms with Crippen LogP contribution in [0.25, 0.3) is 0 Å². The fraction of sp³-hybridized carbons (Fsp3) is 1.00. The Morgan fingerprint density at radius 1 is 1.24 bits per heavy atom. The molecule has 1 aliphatic heterocycles. The first kappa shape index (κ1) is 12.0. The summed E-state index contributed by atoms with van der Waals surface area (Å²) in [6.07, 6.45) is 8.59. The number of nitrogens with one attached hydrogen (secondary N) is 1. The minimum absolute atomic E-state index is 0.817. The van der Waals surface area contributed by atoms with Gasteiger partial charge < -0.3 is 5.32 Å². The van der Waals surface area contributed by atoms with Crippen molar-refractivity contribution in [2.24, 2.45) is 11.8 Å². The number of hydrogen-bond acceptors (Lipinski definition) is 2. The van der Waals surface area contributed by atoms with Gasteiger partial charge >= 0.3 is 0 Å². The van der Waals surface area contributed by atoms with Crippen molar-refractivity contribution in [2.75, 3.05) is 13.1 Å². The molecule has 0 aromatic rings. The Hall–Kier alpha value is -0.0800. The maximum Gasteiger partial charge on any atom is 0.0224 e. The van der Waals surface area contributed by atoms with Gasteiger partial charge in [0.05, 0.1) is 0 Å². The van der Waals surface area contributed by atoms with Crippen LogP contribution in [0, 0.1) is 11.8 Å². The van der Waals surface area contributed by atoms with Crippen molar-refractivity contribution in [2.45, 2.75) is 70.5 Å². The first-order valence-corrected chi connectivity index (χ1v) is 7.82. The van der Waals surface area contributed by atoms with Crippen molar-refractivity contribution in [3.05, 3.63) is 0 Å². The highest BCUT2D eigenvalue weighted by Gasteiger charge is 2.46. The summed E-state index contributed by atoms with van der Waals surface area (Å²) < 4.78 is 0. The quantitative estimate of drug-likeness (QED) is 0.789. The van der Waals surface area contributed by atoms with Crippen molar-refractivity contribution in [3.63, 3.8) is 0 Å². The fourth-order valence-corrected chi connectivity index (χ4v) is 3.76. The second-order valence-corrected chi connectivity index (χ2v) is 6.46. The van der Waals surface area contributed by atoms with Gasteiger partial charge in [0.15, 0.2) is 0 Å². The first-order valence-electron chi connectivity index (χ1n) is 7.82. The van der Waals surface area contributed by atoms with Gasteiger partial charge in [-0.1, -0.05) is 20.3 Å². The van der Waals surface area contributed by atoms with Crippen molar-refractivity contribution in [3.8, 4) is 0 Å². The zero-order valence-electron chi connectivity index (χ0n) is 11.5. The van der Waals surface area contributed by atoms with Gasteiger partial charge in [0.2, 0.25) is 0 Å². The van der Waals surface area contributed by atoms with E-state index in [1.165, 1.54) is 51.6 Å². The van der Waals surface area contributed by atoms with E-state index >= 15 is 0 Å². The molecule has 4 atom stereocenters. The summed E-state index contributed by atoms with van der Waals surface area (Å²) in [5, 5.41) is 3.80. The minimum atomic E-state index is 0.817. The third-order valence-electron chi connectivity index (χ3n) is 5.13. The molecule has 0 bridgehead atoms. The third kappa shape index (κ3) is 2.53. The normalized spacial score (nSPS) is 42.7. The van der Waals surface area contributed by atoms with E-state index in [1.54, 1.807) is 0 Å². The van der Waals surface area contributed by atoms with Crippen molar-refractivity contribution >= 4 is 0 Å². The van der Waals surface area contributed by atoms with Gasteiger partial charge in [-0.15, -0.1) is 0 Å². The summed E-state index contributed by atoms with van der Waals surface area (Å²) >= 11 is 0. The van der Waals surface area contributed by atoms with Crippen LogP contribution in [-0.4, -0.2) is 36.1 Å². The van der Waals surface area contributed by atoms with Crippen LogP contribution in [0.2, 0.25) is 0 Å². The van der Waals surface area contributed by atoms with Gasteiger partial charge in [-0.05, 0) is 43.9 Å². The molecule has 0 aromatic carbocycles. The van der Waals surface area contributed by atoms with Crippen LogP contribution in [0.4, 0.5) is 0 Å². The molecule has 2 heteroatoms. The molecule has 3 rings (SSSR count). The lowest BCUT2D eigenvalue weighted by Crippen LogP contribution is -2.58. The molecule has 2 saturated carbocycles. The zero-order chi connectivity index (χ0) is 11.8. The van der Waals surface area contributed by atoms with Gasteiger partial charge in [0, 0.05) is 31.2 Å². The highest BCUT2D eigenvalue weighted by atomic mass is 15.3. The molecular weight excluding hydrogens is 208 g/mol. The SMILES string of the molecule is CCCC1CC1N1CC(C2CC2)NCC1CC. The van der Waals surface area contributed by atoms with Gasteiger partial charge in [0.1, 0.15) is 0 Å². The number of rotatable bonds is 5. The molecule has 98 valence electrons. The van der Waals surface area contributed by atoms with Crippen molar-refractivity contribution in [1.82, 2.24) is 10.2 Å². The fourth-order valence-electron chi connectivity index (χ4n) is 3.76. The maximum absolute atomic E-state index is 3.80. The minimum Gasteiger partial charge on any atom is -0.311 e. The Morgan fingerprint density at radius 3 is 2.71 bits per heavy atom. The van der Waals surface area contributed by atoms with Crippen LogP contribution >= 0.6 is 0 Å². The molecule has 1 heterocycles. The lowest BCUT2D eigenvalue weighted by molar-refractivity contribution is 0.104. The molecule has 2 nitrogen and oxygen atoms in total. The van der Waals surface area contributed by atoms with Crippen LogP contribution in [0.15, 0.2) is 0 Å². The zero-order valence-corrected chi connectivity index (χ0v) is 11.5. The Morgan fingerprint density at radius 2 is 2.06 bits per heavy atom. The van der Waals surface area contributed by atoms with E-state index in [0.29, 0.717) is 0 Å². The molecule has 0 spiro atoms. The average Bonchev–Trinajstić information content (AvgIpc) is 3.23. The topological polar surface area (TPSA) is 15.3 Å². The van der Waals surface area contributed by atoms with Crippen molar-refractivity contribution in [1.29, 1.82) is 0 Å². The molecule has 17 heavy (non-hydrogen) atoms. The van der Waals surface area contributed by atoms with Gasteiger partial charge in [-0.3, -0.25) is 4.90 Å². The second-order valence-electron chi connectivity index (χ2n) is 6.46. The average molecular weight is 236 g/mol. The smallest absolute Gasteiger partial charge is 0.0224 e. The van der Waals surface area contributed by atoms with Crippen LogP contribution in [0.3, 0.4) is 0 Å². The molecule has 0 aromatic heterocycles. The van der Waals surface area contributed by atoms with Crippen molar-refractivity contribution < 1.29 is 0 Å². The van der Waals surface area contributed by atoms with E-state index in [-0.39, 0.29) is 0 Å². The van der Waals surface area contributed by atoms with Gasteiger partial charge in [-0.2, -0.15) is 0 Å². The molecular formula is C15H28N2. The second kappa shape index (κ2) is 4.89. The Kier molecular flexibility index (Phi) is 3.45.